The molecule has 0 spiro atoms. The fraction of sp³-hybridized carbons (Fsp3) is 0. The molecule has 0 aliphatic heterocycles. The zero-order chi connectivity index (χ0) is 11.4. The van der Waals surface area contributed by atoms with Gasteiger partial charge in [-0.1, -0.05) is 0 Å². The average molecular weight is 321 g/mol. The molecule has 0 saturated carbocycles. The second-order valence-corrected chi connectivity index (χ2v) is 3.84. The molecule has 7 heteroatoms. The van der Waals surface area contributed by atoms with E-state index in [1.165, 1.54) is 0 Å². The van der Waals surface area contributed by atoms with Gasteiger partial charge in [0.25, 0.3) is 0 Å². The number of nitrogens with one attached hydrogen (secondary N) is 1. The van der Waals surface area contributed by atoms with Crippen molar-refractivity contribution in [3.05, 3.63) is 27.8 Å². The van der Waals surface area contributed by atoms with Crippen LogP contribution < -0.4 is 11.2 Å². The van der Waals surface area contributed by atoms with Crippen molar-refractivity contribution in [3.63, 3.8) is 0 Å². The Balaban J connectivity index is 2.66. The zero-order valence-corrected chi connectivity index (χ0v) is 9.63. The molecular formula is C8H8IN3O3. The highest BCUT2D eigenvalue weighted by Gasteiger charge is 2.15. The molecule has 0 radical (unpaired) electrons. The number of rotatable bonds is 1. The number of halogens is 1. The zero-order valence-electron chi connectivity index (χ0n) is 7.48. The third-order valence-electron chi connectivity index (χ3n) is 1.52. The molecule has 0 fully saturated rings. The molecule has 6 nitrogen and oxygen atoms in total. The maximum atomic E-state index is 11.1. The topological polar surface area (TPSA) is 95.7 Å². The van der Waals surface area contributed by atoms with Gasteiger partial charge >= 0.3 is 12.1 Å². The van der Waals surface area contributed by atoms with Crippen LogP contribution >= 0.6 is 22.6 Å². The lowest BCUT2D eigenvalue weighted by Crippen LogP contribution is -2.44. The van der Waals surface area contributed by atoms with Crippen molar-refractivity contribution in [1.29, 1.82) is 0 Å². The lowest BCUT2D eigenvalue weighted by atomic mass is 10.3. The molecule has 1 rings (SSSR count). The first-order chi connectivity index (χ1) is 7.00. The van der Waals surface area contributed by atoms with E-state index in [0.29, 0.717) is 5.69 Å². The van der Waals surface area contributed by atoms with Gasteiger partial charge in [-0.3, -0.25) is 0 Å². The fourth-order valence-corrected chi connectivity index (χ4v) is 1.16. The Labute approximate surface area is 99.2 Å². The van der Waals surface area contributed by atoms with Crippen LogP contribution in [0.5, 0.6) is 0 Å². The van der Waals surface area contributed by atoms with Crippen LogP contribution in [-0.4, -0.2) is 22.2 Å². The minimum absolute atomic E-state index is 0.0813. The van der Waals surface area contributed by atoms with Gasteiger partial charge < -0.3 is 10.4 Å². The Morgan fingerprint density at radius 2 is 1.87 bits per heavy atom. The van der Waals surface area contributed by atoms with Crippen molar-refractivity contribution in [2.45, 2.75) is 0 Å². The minimum atomic E-state index is -1.52. The molecule has 0 bridgehead atoms. The molecule has 4 N–H and O–H groups in total. The second kappa shape index (κ2) is 4.94. The molecule has 0 unspecified atom stereocenters. The van der Waals surface area contributed by atoms with Gasteiger partial charge in [0, 0.05) is 9.26 Å². The number of hydrazine groups is 1. The maximum absolute atomic E-state index is 11.1. The number of anilines is 1. The molecule has 3 amide bonds. The summed E-state index contributed by atoms with van der Waals surface area (Å²) in [5.74, 6) is 4.96. The lowest BCUT2D eigenvalue weighted by Gasteiger charge is -2.11. The summed E-state index contributed by atoms with van der Waals surface area (Å²) in [5, 5.41) is 10.8. The summed E-state index contributed by atoms with van der Waals surface area (Å²) in [6, 6.07) is 5.95. The number of nitrogens with two attached hydrogens (primary N) is 1. The maximum Gasteiger partial charge on any atom is 0.430 e. The predicted molar refractivity (Wildman–Crippen MR) is 62.2 cm³/mol. The Morgan fingerprint density at radius 3 is 2.33 bits per heavy atom. The number of hydrogen-bond donors (Lipinski definition) is 3. The Kier molecular flexibility index (Phi) is 3.86. The van der Waals surface area contributed by atoms with Gasteiger partial charge in [-0.2, -0.15) is 5.01 Å². The lowest BCUT2D eigenvalue weighted by molar-refractivity contribution is 0.153. The first kappa shape index (κ1) is 11.7. The standard InChI is InChI=1S/C8H8IN3O3/c9-5-1-3-6(4-2-5)11-7(13)12(10)8(14)15/h1-4H,10H2,(H,11,13)(H,14,15). The van der Waals surface area contributed by atoms with E-state index >= 15 is 0 Å². The van der Waals surface area contributed by atoms with Crippen molar-refractivity contribution in [3.8, 4) is 0 Å². The average Bonchev–Trinajstić information content (AvgIpc) is 2.20. The second-order valence-electron chi connectivity index (χ2n) is 2.59. The fourth-order valence-electron chi connectivity index (χ4n) is 0.804. The molecule has 15 heavy (non-hydrogen) atoms. The highest BCUT2D eigenvalue weighted by Crippen LogP contribution is 2.11. The molecule has 1 aromatic carbocycles. The van der Waals surface area contributed by atoms with Crippen LogP contribution in [-0.2, 0) is 0 Å². The molecule has 1 aromatic rings. The van der Waals surface area contributed by atoms with E-state index < -0.39 is 12.1 Å². The van der Waals surface area contributed by atoms with Crippen molar-refractivity contribution in [2.24, 2.45) is 5.84 Å². The van der Waals surface area contributed by atoms with E-state index in [1.54, 1.807) is 24.3 Å². The van der Waals surface area contributed by atoms with E-state index in [2.05, 4.69) is 27.9 Å². The molecule has 0 saturated heterocycles. The number of benzene rings is 1. The number of carboxylic acid groups (broad SMARTS) is 1. The molecule has 0 atom stereocenters. The summed E-state index contributed by atoms with van der Waals surface area (Å²) < 4.78 is 1.01. The first-order valence-corrected chi connectivity index (χ1v) is 4.93. The normalized spacial score (nSPS) is 9.47. The molecule has 0 aliphatic carbocycles. The number of amides is 3. The van der Waals surface area contributed by atoms with E-state index in [9.17, 15) is 9.59 Å². The van der Waals surface area contributed by atoms with Crippen molar-refractivity contribution in [2.75, 3.05) is 5.32 Å². The number of urea groups is 1. The number of carbonyl (C=O) groups excluding carboxylic acids is 1. The van der Waals surface area contributed by atoms with Crippen LogP contribution in [0.3, 0.4) is 0 Å². The highest BCUT2D eigenvalue weighted by molar-refractivity contribution is 14.1. The van der Waals surface area contributed by atoms with Crippen LogP contribution in [0.1, 0.15) is 0 Å². The monoisotopic (exact) mass is 321 g/mol. The van der Waals surface area contributed by atoms with Gasteiger partial charge in [0.1, 0.15) is 0 Å². The number of carbonyl (C=O) groups is 2. The first-order valence-electron chi connectivity index (χ1n) is 3.85. The van der Waals surface area contributed by atoms with Crippen molar-refractivity contribution >= 4 is 40.4 Å². The number of nitrogens with zero attached hydrogens (tertiary/aromatic N) is 1. The largest absolute Gasteiger partial charge is 0.464 e. The summed E-state index contributed by atoms with van der Waals surface area (Å²) >= 11 is 2.11. The molecule has 0 aliphatic rings. The molecule has 0 heterocycles. The Morgan fingerprint density at radius 1 is 1.33 bits per heavy atom. The van der Waals surface area contributed by atoms with Gasteiger partial charge in [0.05, 0.1) is 0 Å². The third kappa shape index (κ3) is 3.36. The van der Waals surface area contributed by atoms with Gasteiger partial charge in [-0.05, 0) is 46.9 Å². The third-order valence-corrected chi connectivity index (χ3v) is 2.24. The minimum Gasteiger partial charge on any atom is -0.464 e. The smallest absolute Gasteiger partial charge is 0.430 e. The van der Waals surface area contributed by atoms with E-state index in [0.717, 1.165) is 3.57 Å². The Bertz CT molecular complexity index is 379. The van der Waals surface area contributed by atoms with Gasteiger partial charge in [-0.15, -0.1) is 0 Å². The van der Waals surface area contributed by atoms with Crippen molar-refractivity contribution < 1.29 is 14.7 Å². The summed E-state index contributed by atoms with van der Waals surface area (Å²) in [5.41, 5.74) is 0.483. The number of hydrogen-bond acceptors (Lipinski definition) is 3. The van der Waals surface area contributed by atoms with Crippen molar-refractivity contribution in [1.82, 2.24) is 5.01 Å². The van der Waals surface area contributed by atoms with Gasteiger partial charge in [0.15, 0.2) is 0 Å². The summed E-state index contributed by atoms with van der Waals surface area (Å²) in [6.07, 6.45) is -1.52. The summed E-state index contributed by atoms with van der Waals surface area (Å²) in [4.78, 5) is 21.5. The van der Waals surface area contributed by atoms with E-state index in [4.69, 9.17) is 10.9 Å². The molecular weight excluding hydrogens is 313 g/mol. The molecule has 0 aromatic heterocycles. The Hall–Kier alpha value is -1.35. The summed E-state index contributed by atoms with van der Waals surface area (Å²) in [7, 11) is 0. The van der Waals surface area contributed by atoms with Gasteiger partial charge in [-0.25, -0.2) is 15.4 Å². The van der Waals surface area contributed by atoms with Gasteiger partial charge in [0.2, 0.25) is 0 Å². The van der Waals surface area contributed by atoms with Crippen LogP contribution in [0, 0.1) is 3.57 Å². The quantitative estimate of drug-likeness (QED) is 0.317. The van der Waals surface area contributed by atoms with Crippen LogP contribution in [0.4, 0.5) is 15.3 Å². The highest BCUT2D eigenvalue weighted by atomic mass is 127. The van der Waals surface area contributed by atoms with E-state index in [1.807, 2.05) is 0 Å². The predicted octanol–water partition coefficient (Wildman–Crippen LogP) is 1.68. The van der Waals surface area contributed by atoms with Crippen LogP contribution in [0.25, 0.3) is 0 Å². The SMILES string of the molecule is NN(C(=O)O)C(=O)Nc1ccc(I)cc1. The molecule has 80 valence electrons. The van der Waals surface area contributed by atoms with Crippen LogP contribution in [0.15, 0.2) is 24.3 Å². The summed E-state index contributed by atoms with van der Waals surface area (Å²) in [6.45, 7) is 0. The number of imide groups is 1. The van der Waals surface area contributed by atoms with Crippen LogP contribution in [0.2, 0.25) is 0 Å². The van der Waals surface area contributed by atoms with E-state index in [-0.39, 0.29) is 5.01 Å².